The molecule has 194 valence electrons. The number of urea groups is 1. The Balaban J connectivity index is 1.59. The summed E-state index contributed by atoms with van der Waals surface area (Å²) in [6, 6.07) is 20.1. The summed E-state index contributed by atoms with van der Waals surface area (Å²) >= 11 is 0. The van der Waals surface area contributed by atoms with E-state index in [1.807, 2.05) is 62.4 Å². The fourth-order valence-electron chi connectivity index (χ4n) is 4.43. The smallest absolute Gasteiger partial charge is 0.326 e. The summed E-state index contributed by atoms with van der Waals surface area (Å²) in [5.41, 5.74) is 3.99. The lowest BCUT2D eigenvalue weighted by Gasteiger charge is -2.25. The number of nitrogens with one attached hydrogen (secondary N) is 2. The summed E-state index contributed by atoms with van der Waals surface area (Å²) < 4.78 is 6.25. The fourth-order valence-corrected chi connectivity index (χ4v) is 4.43. The highest BCUT2D eigenvalue weighted by Gasteiger charge is 2.21. The predicted octanol–water partition coefficient (Wildman–Crippen LogP) is 5.98. The Morgan fingerprint density at radius 2 is 1.70 bits per heavy atom. The molecule has 0 saturated carbocycles. The second-order valence-electron chi connectivity index (χ2n) is 9.38. The van der Waals surface area contributed by atoms with E-state index in [9.17, 15) is 9.59 Å². The number of nitrogens with zero attached hydrogens (tertiary/aromatic N) is 2. The second-order valence-corrected chi connectivity index (χ2v) is 9.38. The summed E-state index contributed by atoms with van der Waals surface area (Å²) in [6.45, 7) is 9.97. The number of amides is 3. The molecule has 1 saturated heterocycles. The highest BCUT2D eigenvalue weighted by atomic mass is 16.5. The third-order valence-electron chi connectivity index (χ3n) is 6.72. The molecule has 0 radical (unpaired) electrons. The average Bonchev–Trinajstić information content (AvgIpc) is 3.41. The van der Waals surface area contributed by atoms with E-state index in [2.05, 4.69) is 22.5 Å². The van der Waals surface area contributed by atoms with Crippen LogP contribution in [0.15, 0.2) is 66.7 Å². The lowest BCUT2D eigenvalue weighted by Crippen LogP contribution is -2.36. The number of carbonyl (C=O) groups excluding carboxylic acids is 2. The maximum Gasteiger partial charge on any atom is 0.326 e. The van der Waals surface area contributed by atoms with Crippen molar-refractivity contribution >= 4 is 23.3 Å². The van der Waals surface area contributed by atoms with Gasteiger partial charge in [0.1, 0.15) is 5.75 Å². The number of rotatable bonds is 9. The average molecular weight is 501 g/mol. The van der Waals surface area contributed by atoms with E-state index in [4.69, 9.17) is 4.74 Å². The molecule has 0 spiro atoms. The van der Waals surface area contributed by atoms with Crippen molar-refractivity contribution in [2.24, 2.45) is 0 Å². The molecule has 3 aromatic carbocycles. The van der Waals surface area contributed by atoms with E-state index in [1.165, 1.54) is 18.4 Å². The summed E-state index contributed by atoms with van der Waals surface area (Å²) in [5.74, 6) is 1.01. The Kier molecular flexibility index (Phi) is 8.80. The number of ether oxygens (including phenoxy) is 1. The quantitative estimate of drug-likeness (QED) is 0.379. The van der Waals surface area contributed by atoms with E-state index in [1.54, 1.807) is 23.1 Å². The Labute approximate surface area is 219 Å². The van der Waals surface area contributed by atoms with Gasteiger partial charge in [0.15, 0.2) is 5.75 Å². The number of hydrogen-bond acceptors (Lipinski definition) is 4. The third-order valence-corrected chi connectivity index (χ3v) is 6.72. The van der Waals surface area contributed by atoms with Crippen LogP contribution >= 0.6 is 0 Å². The zero-order valence-electron chi connectivity index (χ0n) is 21.9. The minimum absolute atomic E-state index is 0.169. The molecule has 0 atom stereocenters. The van der Waals surface area contributed by atoms with Crippen molar-refractivity contribution in [2.75, 3.05) is 42.9 Å². The third kappa shape index (κ3) is 6.89. The molecule has 37 heavy (non-hydrogen) atoms. The van der Waals surface area contributed by atoms with Gasteiger partial charge < -0.3 is 20.3 Å². The zero-order valence-corrected chi connectivity index (χ0v) is 21.9. The summed E-state index contributed by atoms with van der Waals surface area (Å²) in [4.78, 5) is 30.3. The Hall–Kier alpha value is -3.84. The Morgan fingerprint density at radius 3 is 2.41 bits per heavy atom. The Bertz CT molecular complexity index is 1220. The van der Waals surface area contributed by atoms with Crippen LogP contribution in [0.3, 0.4) is 0 Å². The van der Waals surface area contributed by atoms with Gasteiger partial charge in [-0.15, -0.1) is 0 Å². The number of anilines is 2. The molecule has 1 fully saturated rings. The van der Waals surface area contributed by atoms with Crippen LogP contribution in [0.1, 0.15) is 41.3 Å². The van der Waals surface area contributed by atoms with Gasteiger partial charge in [-0.05, 0) is 100 Å². The van der Waals surface area contributed by atoms with Crippen LogP contribution in [0.4, 0.5) is 16.2 Å². The van der Waals surface area contributed by atoms with Gasteiger partial charge in [-0.1, -0.05) is 24.3 Å². The van der Waals surface area contributed by atoms with Crippen molar-refractivity contribution in [2.45, 2.75) is 33.6 Å². The van der Waals surface area contributed by atoms with Gasteiger partial charge in [0.25, 0.3) is 5.91 Å². The van der Waals surface area contributed by atoms with Crippen LogP contribution in [-0.4, -0.2) is 49.6 Å². The van der Waals surface area contributed by atoms with Crippen LogP contribution in [-0.2, 0) is 0 Å². The lowest BCUT2D eigenvalue weighted by atomic mass is 10.1. The first-order chi connectivity index (χ1) is 17.9. The van der Waals surface area contributed by atoms with Gasteiger partial charge in [0, 0.05) is 30.9 Å². The summed E-state index contributed by atoms with van der Waals surface area (Å²) in [6.07, 6.45) is 2.44. The fraction of sp³-hybridized carbons (Fsp3) is 0.333. The monoisotopic (exact) mass is 500 g/mol. The molecule has 1 aliphatic rings. The van der Waals surface area contributed by atoms with Gasteiger partial charge in [0.2, 0.25) is 0 Å². The molecule has 0 unspecified atom stereocenters. The largest absolute Gasteiger partial charge is 0.455 e. The summed E-state index contributed by atoms with van der Waals surface area (Å²) in [7, 11) is 0. The van der Waals surface area contributed by atoms with Gasteiger partial charge in [-0.2, -0.15) is 0 Å². The highest BCUT2D eigenvalue weighted by Crippen LogP contribution is 2.34. The SMILES string of the molecule is CCN(C(=O)Nc1ccccc1)c1cc(C(=O)NCCN2CCCC2)ccc1Oc1ccc(C)c(C)c1. The van der Waals surface area contributed by atoms with Crippen molar-refractivity contribution in [3.63, 3.8) is 0 Å². The van der Waals surface area contributed by atoms with Crippen molar-refractivity contribution in [3.05, 3.63) is 83.4 Å². The molecule has 0 bridgehead atoms. The van der Waals surface area contributed by atoms with Crippen LogP contribution in [0.2, 0.25) is 0 Å². The first kappa shape index (κ1) is 26.2. The molecule has 7 nitrogen and oxygen atoms in total. The summed E-state index contributed by atoms with van der Waals surface area (Å²) in [5, 5.41) is 5.96. The van der Waals surface area contributed by atoms with Gasteiger partial charge in [-0.25, -0.2) is 4.79 Å². The van der Waals surface area contributed by atoms with E-state index >= 15 is 0 Å². The van der Waals surface area contributed by atoms with Crippen molar-refractivity contribution < 1.29 is 14.3 Å². The normalized spacial score (nSPS) is 13.3. The van der Waals surface area contributed by atoms with E-state index in [0.717, 1.165) is 25.2 Å². The predicted molar refractivity (Wildman–Crippen MR) is 149 cm³/mol. The van der Waals surface area contributed by atoms with Gasteiger partial charge in [-0.3, -0.25) is 9.69 Å². The Morgan fingerprint density at radius 1 is 0.946 bits per heavy atom. The highest BCUT2D eigenvalue weighted by molar-refractivity contribution is 6.04. The lowest BCUT2D eigenvalue weighted by molar-refractivity contribution is 0.0949. The maximum atomic E-state index is 13.3. The standard InChI is InChI=1S/C30H36N4O3/c1-4-34(30(36)32-25-10-6-5-7-11-25)27-21-24(29(35)31-16-19-33-17-8-9-18-33)13-15-28(27)37-26-14-12-22(2)23(3)20-26/h5-7,10-15,20-21H,4,8-9,16-19H2,1-3H3,(H,31,35)(H,32,36). The molecular weight excluding hydrogens is 464 g/mol. The number of benzene rings is 3. The number of hydrogen-bond donors (Lipinski definition) is 2. The van der Waals surface area contributed by atoms with E-state index in [-0.39, 0.29) is 11.9 Å². The van der Waals surface area contributed by atoms with Crippen molar-refractivity contribution in [3.8, 4) is 11.5 Å². The van der Waals surface area contributed by atoms with Gasteiger partial charge in [0.05, 0.1) is 5.69 Å². The molecule has 0 aromatic heterocycles. The molecule has 4 rings (SSSR count). The van der Waals surface area contributed by atoms with Crippen molar-refractivity contribution in [1.82, 2.24) is 10.2 Å². The number of aryl methyl sites for hydroxylation is 2. The zero-order chi connectivity index (χ0) is 26.2. The minimum atomic E-state index is -0.301. The molecule has 1 heterocycles. The number of para-hydroxylation sites is 1. The van der Waals surface area contributed by atoms with Crippen molar-refractivity contribution in [1.29, 1.82) is 0 Å². The topological polar surface area (TPSA) is 73.9 Å². The van der Waals surface area contributed by atoms with Crippen LogP contribution in [0.25, 0.3) is 0 Å². The molecular formula is C30H36N4O3. The second kappa shape index (κ2) is 12.4. The van der Waals surface area contributed by atoms with Crippen LogP contribution in [0.5, 0.6) is 11.5 Å². The minimum Gasteiger partial charge on any atom is -0.455 e. The molecule has 3 amide bonds. The van der Waals surface area contributed by atoms with Crippen LogP contribution in [0, 0.1) is 13.8 Å². The van der Waals surface area contributed by atoms with E-state index < -0.39 is 0 Å². The number of likely N-dealkylation sites (tertiary alicyclic amines) is 1. The molecule has 3 aromatic rings. The van der Waals surface area contributed by atoms with Crippen LogP contribution < -0.4 is 20.3 Å². The number of carbonyl (C=O) groups is 2. The van der Waals surface area contributed by atoms with E-state index in [0.29, 0.717) is 41.5 Å². The van der Waals surface area contributed by atoms with Gasteiger partial charge >= 0.3 is 6.03 Å². The molecule has 7 heteroatoms. The first-order valence-corrected chi connectivity index (χ1v) is 13.0. The molecule has 2 N–H and O–H groups in total. The molecule has 0 aliphatic carbocycles. The maximum absolute atomic E-state index is 13.3. The first-order valence-electron chi connectivity index (χ1n) is 13.0. The molecule has 1 aliphatic heterocycles.